The summed E-state index contributed by atoms with van der Waals surface area (Å²) in [6, 6.07) is 4.02. The van der Waals surface area contributed by atoms with Gasteiger partial charge in [0, 0.05) is 25.0 Å². The Morgan fingerprint density at radius 1 is 1.62 bits per heavy atom. The molecule has 3 N–H and O–H groups in total. The van der Waals surface area contributed by atoms with E-state index in [9.17, 15) is 5.11 Å². The lowest BCUT2D eigenvalue weighted by molar-refractivity contribution is 0.148. The fraction of sp³-hybridized carbons (Fsp3) is 0.600. The summed E-state index contributed by atoms with van der Waals surface area (Å²) in [5.41, 5.74) is 1.17. The maximum absolute atomic E-state index is 9.54. The van der Waals surface area contributed by atoms with Gasteiger partial charge in [-0.3, -0.25) is 0 Å². The van der Waals surface area contributed by atoms with Gasteiger partial charge < -0.3 is 15.4 Å². The number of aromatic nitrogens is 1. The van der Waals surface area contributed by atoms with E-state index in [1.54, 1.807) is 0 Å². The lowest BCUT2D eigenvalue weighted by Crippen LogP contribution is -2.27. The number of aliphatic hydroxyl groups is 1. The Morgan fingerprint density at radius 3 is 3.08 bits per heavy atom. The first-order valence-electron chi connectivity index (χ1n) is 4.87. The molecule has 72 valence electrons. The molecule has 1 atom stereocenters. The van der Waals surface area contributed by atoms with Crippen molar-refractivity contribution in [2.75, 3.05) is 6.54 Å². The molecule has 1 unspecified atom stereocenters. The Bertz CT molecular complexity index is 241. The standard InChI is InChI=1S/C10H16N2O/c13-10(8-3-4-8)7-11-6-9-2-1-5-12-9/h1-2,5,8,10-13H,3-4,6-7H2. The quantitative estimate of drug-likeness (QED) is 0.630. The summed E-state index contributed by atoms with van der Waals surface area (Å²) in [4.78, 5) is 3.11. The van der Waals surface area contributed by atoms with E-state index in [0.29, 0.717) is 12.5 Å². The number of hydrogen-bond acceptors (Lipinski definition) is 2. The van der Waals surface area contributed by atoms with E-state index < -0.39 is 0 Å². The Balaban J connectivity index is 1.63. The third kappa shape index (κ3) is 2.57. The van der Waals surface area contributed by atoms with Crippen molar-refractivity contribution < 1.29 is 5.11 Å². The molecular weight excluding hydrogens is 164 g/mol. The topological polar surface area (TPSA) is 48.0 Å². The van der Waals surface area contributed by atoms with Gasteiger partial charge in [0.2, 0.25) is 0 Å². The molecule has 0 bridgehead atoms. The summed E-state index contributed by atoms with van der Waals surface area (Å²) in [7, 11) is 0. The summed E-state index contributed by atoms with van der Waals surface area (Å²) in [5, 5.41) is 12.8. The van der Waals surface area contributed by atoms with Crippen LogP contribution in [0, 0.1) is 5.92 Å². The summed E-state index contributed by atoms with van der Waals surface area (Å²) >= 11 is 0. The predicted molar refractivity (Wildman–Crippen MR) is 51.2 cm³/mol. The molecule has 3 nitrogen and oxygen atoms in total. The average Bonchev–Trinajstić information content (AvgIpc) is 2.86. The zero-order valence-electron chi connectivity index (χ0n) is 7.66. The first-order chi connectivity index (χ1) is 6.36. The molecule has 1 fully saturated rings. The van der Waals surface area contributed by atoms with Gasteiger partial charge in [0.15, 0.2) is 0 Å². The Hall–Kier alpha value is -0.800. The van der Waals surface area contributed by atoms with E-state index in [0.717, 1.165) is 6.54 Å². The Labute approximate surface area is 78.2 Å². The molecule has 1 aromatic heterocycles. The van der Waals surface area contributed by atoms with Gasteiger partial charge in [0.05, 0.1) is 6.10 Å². The van der Waals surface area contributed by atoms with Crippen LogP contribution in [0.4, 0.5) is 0 Å². The van der Waals surface area contributed by atoms with Crippen molar-refractivity contribution in [3.05, 3.63) is 24.0 Å². The van der Waals surface area contributed by atoms with Crippen LogP contribution in [0.5, 0.6) is 0 Å². The second-order valence-corrected chi connectivity index (χ2v) is 3.73. The zero-order valence-corrected chi connectivity index (χ0v) is 7.66. The van der Waals surface area contributed by atoms with Crippen LogP contribution in [0.25, 0.3) is 0 Å². The highest BCUT2D eigenvalue weighted by Gasteiger charge is 2.28. The van der Waals surface area contributed by atoms with Crippen LogP contribution in [0.3, 0.4) is 0 Å². The van der Waals surface area contributed by atoms with Gasteiger partial charge in [0.1, 0.15) is 0 Å². The molecule has 0 amide bonds. The highest BCUT2D eigenvalue weighted by molar-refractivity contribution is 5.02. The fourth-order valence-electron chi connectivity index (χ4n) is 1.48. The lowest BCUT2D eigenvalue weighted by Gasteiger charge is -2.09. The van der Waals surface area contributed by atoms with Crippen molar-refractivity contribution in [2.24, 2.45) is 5.92 Å². The third-order valence-corrected chi connectivity index (χ3v) is 2.50. The zero-order chi connectivity index (χ0) is 9.10. The van der Waals surface area contributed by atoms with Crippen molar-refractivity contribution in [2.45, 2.75) is 25.5 Å². The van der Waals surface area contributed by atoms with Crippen LogP contribution < -0.4 is 5.32 Å². The second kappa shape index (κ2) is 3.94. The molecule has 1 heterocycles. The maximum Gasteiger partial charge on any atom is 0.0692 e. The first-order valence-corrected chi connectivity index (χ1v) is 4.87. The van der Waals surface area contributed by atoms with Crippen molar-refractivity contribution in [3.8, 4) is 0 Å². The van der Waals surface area contributed by atoms with E-state index in [1.165, 1.54) is 18.5 Å². The predicted octanol–water partition coefficient (Wildman–Crippen LogP) is 0.875. The van der Waals surface area contributed by atoms with Crippen molar-refractivity contribution >= 4 is 0 Å². The summed E-state index contributed by atoms with van der Waals surface area (Å²) in [6.07, 6.45) is 4.17. The number of nitrogens with one attached hydrogen (secondary N) is 2. The van der Waals surface area contributed by atoms with Gasteiger partial charge in [0.25, 0.3) is 0 Å². The maximum atomic E-state index is 9.54. The SMILES string of the molecule is OC(CNCc1ccc[nH]1)C1CC1. The molecule has 0 aromatic carbocycles. The van der Waals surface area contributed by atoms with E-state index >= 15 is 0 Å². The van der Waals surface area contributed by atoms with Crippen LogP contribution in [0.1, 0.15) is 18.5 Å². The third-order valence-electron chi connectivity index (χ3n) is 2.50. The molecule has 3 heteroatoms. The molecule has 1 saturated carbocycles. The largest absolute Gasteiger partial charge is 0.392 e. The highest BCUT2D eigenvalue weighted by Crippen LogP contribution is 2.32. The molecule has 1 aliphatic rings. The minimum atomic E-state index is -0.144. The van der Waals surface area contributed by atoms with Crippen LogP contribution >= 0.6 is 0 Å². The minimum absolute atomic E-state index is 0.144. The number of aliphatic hydroxyl groups excluding tert-OH is 1. The van der Waals surface area contributed by atoms with Crippen molar-refractivity contribution in [1.82, 2.24) is 10.3 Å². The van der Waals surface area contributed by atoms with E-state index in [2.05, 4.69) is 10.3 Å². The summed E-state index contributed by atoms with van der Waals surface area (Å²) in [5.74, 6) is 0.566. The monoisotopic (exact) mass is 180 g/mol. The normalized spacial score (nSPS) is 18.8. The molecule has 0 aliphatic heterocycles. The van der Waals surface area contributed by atoms with Gasteiger partial charge in [-0.15, -0.1) is 0 Å². The Morgan fingerprint density at radius 2 is 2.46 bits per heavy atom. The summed E-state index contributed by atoms with van der Waals surface area (Å²) in [6.45, 7) is 1.53. The number of hydrogen-bond donors (Lipinski definition) is 3. The molecule has 0 radical (unpaired) electrons. The van der Waals surface area contributed by atoms with E-state index in [4.69, 9.17) is 0 Å². The molecule has 2 rings (SSSR count). The molecule has 1 aromatic rings. The second-order valence-electron chi connectivity index (χ2n) is 3.73. The van der Waals surface area contributed by atoms with Gasteiger partial charge in [-0.1, -0.05) is 0 Å². The molecule has 0 saturated heterocycles. The molecule has 13 heavy (non-hydrogen) atoms. The van der Waals surface area contributed by atoms with Crippen molar-refractivity contribution in [3.63, 3.8) is 0 Å². The first kappa shape index (κ1) is 8.78. The van der Waals surface area contributed by atoms with Crippen LogP contribution in [-0.2, 0) is 6.54 Å². The molecule has 1 aliphatic carbocycles. The van der Waals surface area contributed by atoms with Gasteiger partial charge in [-0.05, 0) is 30.9 Å². The van der Waals surface area contributed by atoms with Crippen LogP contribution in [0.15, 0.2) is 18.3 Å². The minimum Gasteiger partial charge on any atom is -0.392 e. The smallest absolute Gasteiger partial charge is 0.0692 e. The van der Waals surface area contributed by atoms with Gasteiger partial charge in [-0.2, -0.15) is 0 Å². The molecular formula is C10H16N2O. The summed E-state index contributed by atoms with van der Waals surface area (Å²) < 4.78 is 0. The number of H-pyrrole nitrogens is 1. The average molecular weight is 180 g/mol. The number of rotatable bonds is 5. The van der Waals surface area contributed by atoms with Crippen LogP contribution in [-0.4, -0.2) is 22.7 Å². The highest BCUT2D eigenvalue weighted by atomic mass is 16.3. The fourth-order valence-corrected chi connectivity index (χ4v) is 1.48. The molecule has 0 spiro atoms. The van der Waals surface area contributed by atoms with E-state index in [1.807, 2.05) is 18.3 Å². The van der Waals surface area contributed by atoms with E-state index in [-0.39, 0.29) is 6.10 Å². The van der Waals surface area contributed by atoms with Gasteiger partial charge in [-0.25, -0.2) is 0 Å². The number of aromatic amines is 1. The van der Waals surface area contributed by atoms with Crippen LogP contribution in [0.2, 0.25) is 0 Å². The van der Waals surface area contributed by atoms with Gasteiger partial charge >= 0.3 is 0 Å². The van der Waals surface area contributed by atoms with Crippen molar-refractivity contribution in [1.29, 1.82) is 0 Å². The lowest BCUT2D eigenvalue weighted by atomic mass is 10.2. The Kier molecular flexibility index (Phi) is 2.66.